The van der Waals surface area contributed by atoms with Crippen LogP contribution in [0.25, 0.3) is 11.5 Å². The van der Waals surface area contributed by atoms with Crippen molar-refractivity contribution < 1.29 is 9.26 Å². The zero-order valence-electron chi connectivity index (χ0n) is 10.4. The highest BCUT2D eigenvalue weighted by Crippen LogP contribution is 2.26. The van der Waals surface area contributed by atoms with Gasteiger partial charge in [0.1, 0.15) is 5.82 Å². The third-order valence-corrected chi connectivity index (χ3v) is 3.07. The molecule has 0 bridgehead atoms. The van der Waals surface area contributed by atoms with Crippen molar-refractivity contribution in [3.05, 3.63) is 23.5 Å². The van der Waals surface area contributed by atoms with Gasteiger partial charge in [0, 0.05) is 18.7 Å². The van der Waals surface area contributed by atoms with Gasteiger partial charge in [-0.05, 0) is 20.3 Å². The third kappa shape index (κ3) is 1.99. The Balaban J connectivity index is 1.92. The van der Waals surface area contributed by atoms with Crippen molar-refractivity contribution in [3.63, 3.8) is 0 Å². The molecule has 1 aliphatic heterocycles. The molecule has 2 aromatic heterocycles. The smallest absolute Gasteiger partial charge is 0.261 e. The minimum Gasteiger partial charge on any atom is -0.381 e. The maximum atomic E-state index is 5.32. The van der Waals surface area contributed by atoms with E-state index in [0.717, 1.165) is 30.1 Å². The maximum absolute atomic E-state index is 5.32. The zero-order valence-corrected chi connectivity index (χ0v) is 10.4. The van der Waals surface area contributed by atoms with Crippen LogP contribution in [-0.4, -0.2) is 33.3 Å². The van der Waals surface area contributed by atoms with Gasteiger partial charge in [-0.25, -0.2) is 9.97 Å². The molecule has 6 heteroatoms. The van der Waals surface area contributed by atoms with Crippen LogP contribution < -0.4 is 0 Å². The second-order valence-corrected chi connectivity index (χ2v) is 4.43. The number of nitrogens with zero attached hydrogens (tertiary/aromatic N) is 4. The van der Waals surface area contributed by atoms with Crippen LogP contribution in [0.5, 0.6) is 0 Å². The molecule has 0 saturated carbocycles. The Morgan fingerprint density at radius 3 is 2.89 bits per heavy atom. The lowest BCUT2D eigenvalue weighted by Gasteiger charge is -2.00. The molecule has 0 aliphatic carbocycles. The summed E-state index contributed by atoms with van der Waals surface area (Å²) in [6.07, 6.45) is 2.67. The van der Waals surface area contributed by atoms with Crippen LogP contribution in [0.1, 0.15) is 29.7 Å². The molecule has 1 aliphatic rings. The molecular formula is C12H14N4O2. The lowest BCUT2D eigenvalue weighted by atomic mass is 10.1. The highest BCUT2D eigenvalue weighted by atomic mass is 16.5. The number of aryl methyl sites for hydroxylation is 2. The van der Waals surface area contributed by atoms with Crippen LogP contribution in [-0.2, 0) is 4.74 Å². The normalized spacial score (nSPS) is 19.3. The van der Waals surface area contributed by atoms with E-state index in [1.807, 2.05) is 13.8 Å². The molecule has 1 fully saturated rings. The topological polar surface area (TPSA) is 73.9 Å². The van der Waals surface area contributed by atoms with E-state index >= 15 is 0 Å². The SMILES string of the molecule is Cc1ncc(-c2nc([C@@H]3CCOC3)no2)c(C)n1. The Morgan fingerprint density at radius 2 is 2.17 bits per heavy atom. The molecular weight excluding hydrogens is 232 g/mol. The predicted molar refractivity (Wildman–Crippen MR) is 63.0 cm³/mol. The number of rotatable bonds is 2. The van der Waals surface area contributed by atoms with Crippen LogP contribution in [0.15, 0.2) is 10.7 Å². The first-order valence-electron chi connectivity index (χ1n) is 5.96. The Morgan fingerprint density at radius 1 is 1.28 bits per heavy atom. The molecule has 1 atom stereocenters. The molecule has 2 aromatic rings. The van der Waals surface area contributed by atoms with E-state index < -0.39 is 0 Å². The molecule has 0 unspecified atom stereocenters. The summed E-state index contributed by atoms with van der Waals surface area (Å²) in [4.78, 5) is 12.9. The van der Waals surface area contributed by atoms with Crippen molar-refractivity contribution in [2.24, 2.45) is 0 Å². The predicted octanol–water partition coefficient (Wildman–Crippen LogP) is 1.65. The van der Waals surface area contributed by atoms with Crippen molar-refractivity contribution in [2.45, 2.75) is 26.2 Å². The average Bonchev–Trinajstić information content (AvgIpc) is 2.99. The van der Waals surface area contributed by atoms with E-state index in [-0.39, 0.29) is 5.92 Å². The van der Waals surface area contributed by atoms with Gasteiger partial charge in [0.2, 0.25) is 0 Å². The van der Waals surface area contributed by atoms with Crippen LogP contribution in [0.2, 0.25) is 0 Å². The van der Waals surface area contributed by atoms with E-state index in [2.05, 4.69) is 20.1 Å². The Kier molecular flexibility index (Phi) is 2.79. The van der Waals surface area contributed by atoms with Crippen molar-refractivity contribution in [2.75, 3.05) is 13.2 Å². The summed E-state index contributed by atoms with van der Waals surface area (Å²) in [5.41, 5.74) is 1.64. The van der Waals surface area contributed by atoms with E-state index in [0.29, 0.717) is 18.3 Å². The molecule has 0 N–H and O–H groups in total. The van der Waals surface area contributed by atoms with Gasteiger partial charge < -0.3 is 9.26 Å². The first-order chi connectivity index (χ1) is 8.74. The van der Waals surface area contributed by atoms with Crippen LogP contribution >= 0.6 is 0 Å². The standard InChI is InChI=1S/C12H14N4O2/c1-7-10(5-13-8(2)14-7)12-15-11(16-18-12)9-3-4-17-6-9/h5,9H,3-4,6H2,1-2H3/t9-/m1/s1. The van der Waals surface area contributed by atoms with E-state index in [4.69, 9.17) is 9.26 Å². The molecule has 0 amide bonds. The van der Waals surface area contributed by atoms with Gasteiger partial charge in [0.05, 0.1) is 17.9 Å². The Bertz CT molecular complexity index is 561. The zero-order chi connectivity index (χ0) is 12.5. The summed E-state index contributed by atoms with van der Waals surface area (Å²) in [7, 11) is 0. The Hall–Kier alpha value is -1.82. The fourth-order valence-electron chi connectivity index (χ4n) is 2.04. The minimum absolute atomic E-state index is 0.245. The van der Waals surface area contributed by atoms with Gasteiger partial charge in [0.15, 0.2) is 5.82 Å². The summed E-state index contributed by atoms with van der Waals surface area (Å²) < 4.78 is 10.6. The fraction of sp³-hybridized carbons (Fsp3) is 0.500. The second-order valence-electron chi connectivity index (χ2n) is 4.43. The van der Waals surface area contributed by atoms with Crippen LogP contribution in [0.4, 0.5) is 0 Å². The van der Waals surface area contributed by atoms with Crippen molar-refractivity contribution in [1.29, 1.82) is 0 Å². The highest BCUT2D eigenvalue weighted by Gasteiger charge is 2.24. The largest absolute Gasteiger partial charge is 0.381 e. The van der Waals surface area contributed by atoms with E-state index in [1.54, 1.807) is 6.20 Å². The van der Waals surface area contributed by atoms with Crippen LogP contribution in [0.3, 0.4) is 0 Å². The lowest BCUT2D eigenvalue weighted by molar-refractivity contribution is 0.192. The monoisotopic (exact) mass is 246 g/mol. The second kappa shape index (κ2) is 4.45. The van der Waals surface area contributed by atoms with Gasteiger partial charge in [-0.15, -0.1) is 0 Å². The molecule has 0 radical (unpaired) electrons. The lowest BCUT2D eigenvalue weighted by Crippen LogP contribution is -2.00. The van der Waals surface area contributed by atoms with Crippen LogP contribution in [0, 0.1) is 13.8 Å². The Labute approximate surface area is 104 Å². The molecule has 0 aromatic carbocycles. The average molecular weight is 246 g/mol. The van der Waals surface area contributed by atoms with Gasteiger partial charge in [-0.1, -0.05) is 5.16 Å². The number of aromatic nitrogens is 4. The maximum Gasteiger partial charge on any atom is 0.261 e. The van der Waals surface area contributed by atoms with Gasteiger partial charge in [-0.2, -0.15) is 4.98 Å². The fourth-order valence-corrected chi connectivity index (χ4v) is 2.04. The first kappa shape index (κ1) is 11.3. The molecule has 0 spiro atoms. The molecule has 3 rings (SSSR count). The number of hydrogen-bond donors (Lipinski definition) is 0. The summed E-state index contributed by atoms with van der Waals surface area (Å²) in [5.74, 6) is 2.17. The summed E-state index contributed by atoms with van der Waals surface area (Å²) in [5, 5.41) is 4.02. The van der Waals surface area contributed by atoms with E-state index in [9.17, 15) is 0 Å². The summed E-state index contributed by atoms with van der Waals surface area (Å²) >= 11 is 0. The van der Waals surface area contributed by atoms with E-state index in [1.165, 1.54) is 0 Å². The van der Waals surface area contributed by atoms with Gasteiger partial charge in [-0.3, -0.25) is 0 Å². The molecule has 3 heterocycles. The summed E-state index contributed by atoms with van der Waals surface area (Å²) in [6.45, 7) is 5.20. The first-order valence-corrected chi connectivity index (χ1v) is 5.96. The highest BCUT2D eigenvalue weighted by molar-refractivity contribution is 5.54. The number of hydrogen-bond acceptors (Lipinski definition) is 6. The van der Waals surface area contributed by atoms with Crippen molar-refractivity contribution in [3.8, 4) is 11.5 Å². The molecule has 94 valence electrons. The molecule has 6 nitrogen and oxygen atoms in total. The van der Waals surface area contributed by atoms with Crippen molar-refractivity contribution >= 4 is 0 Å². The molecule has 18 heavy (non-hydrogen) atoms. The summed E-state index contributed by atoms with van der Waals surface area (Å²) in [6, 6.07) is 0. The minimum atomic E-state index is 0.245. The number of ether oxygens (including phenoxy) is 1. The van der Waals surface area contributed by atoms with Gasteiger partial charge >= 0.3 is 0 Å². The van der Waals surface area contributed by atoms with Gasteiger partial charge in [0.25, 0.3) is 5.89 Å². The molecule has 1 saturated heterocycles. The van der Waals surface area contributed by atoms with Crippen molar-refractivity contribution in [1.82, 2.24) is 20.1 Å². The third-order valence-electron chi connectivity index (χ3n) is 3.07. The quantitative estimate of drug-likeness (QED) is 0.802.